The fraction of sp³-hybridized carbons (Fsp3) is 0.533. The maximum Gasteiger partial charge on any atom is 0.224 e. The van der Waals surface area contributed by atoms with Crippen molar-refractivity contribution in [1.29, 1.82) is 0 Å². The van der Waals surface area contributed by atoms with Crippen LogP contribution in [0.3, 0.4) is 0 Å². The van der Waals surface area contributed by atoms with Gasteiger partial charge < -0.3 is 4.90 Å². The molecule has 0 aliphatic rings. The lowest BCUT2D eigenvalue weighted by Gasteiger charge is -2.20. The van der Waals surface area contributed by atoms with Crippen molar-refractivity contribution < 1.29 is 4.79 Å². The number of amides is 1. The van der Waals surface area contributed by atoms with Crippen LogP contribution in [-0.2, 0) is 11.3 Å². The highest BCUT2D eigenvalue weighted by molar-refractivity contribution is 7.71. The monoisotopic (exact) mass is 338 g/mol. The van der Waals surface area contributed by atoms with Gasteiger partial charge in [-0.2, -0.15) is 5.10 Å². The number of unbranched alkanes of at least 4 members (excludes halogenated alkanes) is 1. The number of hydrogen-bond acceptors (Lipinski definition) is 4. The van der Waals surface area contributed by atoms with Gasteiger partial charge in [0.25, 0.3) is 0 Å². The summed E-state index contributed by atoms with van der Waals surface area (Å²) in [5.74, 6) is 0.987. The third-order valence-electron chi connectivity index (χ3n) is 3.57. The molecule has 2 aromatic rings. The molecule has 5 nitrogen and oxygen atoms in total. The largest absolute Gasteiger partial charge is 0.343 e. The lowest BCUT2D eigenvalue weighted by atomic mass is 10.3. The number of thiophene rings is 1. The van der Waals surface area contributed by atoms with E-state index in [9.17, 15) is 4.79 Å². The molecule has 0 fully saturated rings. The zero-order valence-corrected chi connectivity index (χ0v) is 14.7. The minimum absolute atomic E-state index is 0.177. The number of carbonyl (C=O) groups excluding carboxylic acids is 1. The molecule has 7 heteroatoms. The van der Waals surface area contributed by atoms with Crippen molar-refractivity contribution in [2.45, 2.75) is 39.7 Å². The Labute approximate surface area is 140 Å². The minimum Gasteiger partial charge on any atom is -0.343 e. The number of H-pyrrole nitrogens is 1. The summed E-state index contributed by atoms with van der Waals surface area (Å²) < 4.78 is 2.47. The second-order valence-corrected chi connectivity index (χ2v) is 6.39. The third kappa shape index (κ3) is 4.04. The van der Waals surface area contributed by atoms with Crippen molar-refractivity contribution in [3.8, 4) is 10.7 Å². The summed E-state index contributed by atoms with van der Waals surface area (Å²) in [5, 5.41) is 9.11. The van der Waals surface area contributed by atoms with E-state index in [-0.39, 0.29) is 5.91 Å². The fourth-order valence-corrected chi connectivity index (χ4v) is 3.24. The van der Waals surface area contributed by atoms with Crippen molar-refractivity contribution in [3.63, 3.8) is 0 Å². The van der Waals surface area contributed by atoms with Gasteiger partial charge in [-0.1, -0.05) is 19.4 Å². The van der Waals surface area contributed by atoms with Crippen LogP contribution < -0.4 is 0 Å². The number of aromatic amines is 1. The quantitative estimate of drug-likeness (QED) is 0.747. The number of carbonyl (C=O) groups is 1. The molecule has 0 aliphatic carbocycles. The van der Waals surface area contributed by atoms with E-state index in [1.165, 1.54) is 0 Å². The van der Waals surface area contributed by atoms with Gasteiger partial charge >= 0.3 is 0 Å². The highest BCUT2D eigenvalue weighted by atomic mass is 32.1. The van der Waals surface area contributed by atoms with E-state index in [1.54, 1.807) is 11.3 Å². The molecule has 2 aromatic heterocycles. The van der Waals surface area contributed by atoms with Gasteiger partial charge in [0.1, 0.15) is 0 Å². The number of hydrogen-bond donors (Lipinski definition) is 1. The van der Waals surface area contributed by atoms with Crippen LogP contribution in [0.5, 0.6) is 0 Å². The normalized spacial score (nSPS) is 10.8. The summed E-state index contributed by atoms with van der Waals surface area (Å²) in [4.78, 5) is 15.3. The molecule has 0 unspecified atom stereocenters. The maximum atomic E-state index is 12.3. The Morgan fingerprint density at radius 2 is 2.32 bits per heavy atom. The first-order valence-electron chi connectivity index (χ1n) is 7.64. The predicted molar refractivity (Wildman–Crippen MR) is 92.5 cm³/mol. The van der Waals surface area contributed by atoms with Gasteiger partial charge in [-0.25, -0.2) is 0 Å². The molecule has 1 amide bonds. The molecule has 22 heavy (non-hydrogen) atoms. The van der Waals surface area contributed by atoms with Gasteiger partial charge in [0.15, 0.2) is 10.6 Å². The van der Waals surface area contributed by atoms with Crippen molar-refractivity contribution in [2.24, 2.45) is 0 Å². The number of aromatic nitrogens is 3. The van der Waals surface area contributed by atoms with E-state index in [0.29, 0.717) is 17.7 Å². The Morgan fingerprint density at radius 1 is 1.50 bits per heavy atom. The van der Waals surface area contributed by atoms with Crippen LogP contribution in [0, 0.1) is 4.77 Å². The van der Waals surface area contributed by atoms with Gasteiger partial charge in [-0.15, -0.1) is 11.3 Å². The molecule has 2 heterocycles. The van der Waals surface area contributed by atoms with Crippen molar-refractivity contribution in [1.82, 2.24) is 19.7 Å². The first-order valence-corrected chi connectivity index (χ1v) is 8.93. The van der Waals surface area contributed by atoms with Crippen LogP contribution in [0.4, 0.5) is 0 Å². The Balaban J connectivity index is 2.04. The SMILES string of the molecule is CCCCN(CC)C(=O)CCn1c(-c2cccs2)n[nH]c1=S. The standard InChI is InChI=1S/C15H22N4OS2/c1-3-5-9-18(4-2)13(20)8-10-19-14(16-17-15(19)21)12-7-6-11-22-12/h6-7,11H,3-5,8-10H2,1-2H3,(H,17,21). The molecule has 0 radical (unpaired) electrons. The Bertz CT molecular complexity index is 645. The molecule has 0 saturated heterocycles. The molecule has 0 saturated carbocycles. The van der Waals surface area contributed by atoms with Crippen molar-refractivity contribution in [3.05, 3.63) is 22.3 Å². The van der Waals surface area contributed by atoms with E-state index in [1.807, 2.05) is 33.9 Å². The number of nitrogens with one attached hydrogen (secondary N) is 1. The van der Waals surface area contributed by atoms with Crippen LogP contribution in [0.15, 0.2) is 17.5 Å². The highest BCUT2D eigenvalue weighted by Gasteiger charge is 2.14. The summed E-state index contributed by atoms with van der Waals surface area (Å²) in [6, 6.07) is 3.99. The van der Waals surface area contributed by atoms with Crippen LogP contribution in [0.1, 0.15) is 33.1 Å². The summed E-state index contributed by atoms with van der Waals surface area (Å²) in [6.45, 7) is 6.31. The van der Waals surface area contributed by atoms with Crippen LogP contribution >= 0.6 is 23.6 Å². The summed E-state index contributed by atoms with van der Waals surface area (Å²) in [6.07, 6.45) is 2.59. The third-order valence-corrected chi connectivity index (χ3v) is 4.74. The molecule has 120 valence electrons. The van der Waals surface area contributed by atoms with Gasteiger partial charge in [0.05, 0.1) is 4.88 Å². The van der Waals surface area contributed by atoms with E-state index in [0.717, 1.165) is 36.6 Å². The van der Waals surface area contributed by atoms with Crippen LogP contribution in [0.2, 0.25) is 0 Å². The van der Waals surface area contributed by atoms with Gasteiger partial charge in [0.2, 0.25) is 5.91 Å². The molecule has 0 spiro atoms. The Morgan fingerprint density at radius 3 is 2.95 bits per heavy atom. The molecule has 2 rings (SSSR count). The first-order chi connectivity index (χ1) is 10.7. The minimum atomic E-state index is 0.177. The first kappa shape index (κ1) is 16.9. The van der Waals surface area contributed by atoms with Crippen LogP contribution in [-0.4, -0.2) is 38.7 Å². The van der Waals surface area contributed by atoms with E-state index >= 15 is 0 Å². The smallest absolute Gasteiger partial charge is 0.224 e. The van der Waals surface area contributed by atoms with Crippen LogP contribution in [0.25, 0.3) is 10.7 Å². The second kappa shape index (κ2) is 8.24. The average molecular weight is 339 g/mol. The van der Waals surface area contributed by atoms with E-state index < -0.39 is 0 Å². The Hall–Kier alpha value is -1.47. The lowest BCUT2D eigenvalue weighted by Crippen LogP contribution is -2.32. The molecule has 0 aromatic carbocycles. The lowest BCUT2D eigenvalue weighted by molar-refractivity contribution is -0.131. The average Bonchev–Trinajstić information content (AvgIpc) is 3.15. The Kier molecular flexibility index (Phi) is 6.33. The number of nitrogens with zero attached hydrogens (tertiary/aromatic N) is 3. The summed E-state index contributed by atoms with van der Waals surface area (Å²) >= 11 is 6.90. The van der Waals surface area contributed by atoms with Gasteiger partial charge in [0, 0.05) is 26.1 Å². The van der Waals surface area contributed by atoms with Gasteiger partial charge in [-0.3, -0.25) is 14.5 Å². The fourth-order valence-electron chi connectivity index (χ4n) is 2.29. The van der Waals surface area contributed by atoms with Crippen molar-refractivity contribution >= 4 is 29.5 Å². The topological polar surface area (TPSA) is 53.9 Å². The molecule has 1 N–H and O–H groups in total. The van der Waals surface area contributed by atoms with E-state index in [4.69, 9.17) is 12.2 Å². The second-order valence-electron chi connectivity index (χ2n) is 5.06. The zero-order chi connectivity index (χ0) is 15.9. The highest BCUT2D eigenvalue weighted by Crippen LogP contribution is 2.22. The van der Waals surface area contributed by atoms with Crippen molar-refractivity contribution in [2.75, 3.05) is 13.1 Å². The molecular formula is C15H22N4OS2. The molecule has 0 aliphatic heterocycles. The van der Waals surface area contributed by atoms with E-state index in [2.05, 4.69) is 17.1 Å². The maximum absolute atomic E-state index is 12.3. The number of rotatable bonds is 8. The molecule has 0 atom stereocenters. The predicted octanol–water partition coefficient (Wildman–Crippen LogP) is 3.71. The summed E-state index contributed by atoms with van der Waals surface area (Å²) in [5.41, 5.74) is 0. The van der Waals surface area contributed by atoms with Gasteiger partial charge in [-0.05, 0) is 37.0 Å². The zero-order valence-electron chi connectivity index (χ0n) is 13.0. The molecular weight excluding hydrogens is 316 g/mol. The molecule has 0 bridgehead atoms. The summed E-state index contributed by atoms with van der Waals surface area (Å²) in [7, 11) is 0.